The Morgan fingerprint density at radius 2 is 1.90 bits per heavy atom. The number of carbonyl (C=O) groups excluding carboxylic acids is 2. The lowest BCUT2D eigenvalue weighted by molar-refractivity contribution is -0.153. The summed E-state index contributed by atoms with van der Waals surface area (Å²) in [6.45, 7) is 3.28. The quantitative estimate of drug-likeness (QED) is 0.650. The number of hydrogen-bond acceptors (Lipinski definition) is 5. The van der Waals surface area contributed by atoms with Gasteiger partial charge in [0.05, 0.1) is 18.3 Å². The highest BCUT2D eigenvalue weighted by Gasteiger charge is 2.20. The summed E-state index contributed by atoms with van der Waals surface area (Å²) in [5.74, 6) is -0.535. The van der Waals surface area contributed by atoms with Gasteiger partial charge < -0.3 is 19.4 Å². The minimum absolute atomic E-state index is 0.119. The normalized spacial score (nSPS) is 11.7. The molecule has 3 rings (SSSR count). The fourth-order valence-electron chi connectivity index (χ4n) is 2.98. The summed E-state index contributed by atoms with van der Waals surface area (Å²) < 4.78 is 12.1. The second-order valence-electron chi connectivity index (χ2n) is 6.65. The second-order valence-corrected chi connectivity index (χ2v) is 6.65. The molecule has 0 bridgehead atoms. The number of hydrogen-bond donors (Lipinski definition) is 1. The van der Waals surface area contributed by atoms with Crippen LogP contribution in [0.1, 0.15) is 12.5 Å². The average Bonchev–Trinajstić information content (AvgIpc) is 2.70. The number of nitrogens with zero attached hydrogens (tertiary/aromatic N) is 1. The van der Waals surface area contributed by atoms with Crippen molar-refractivity contribution in [3.05, 3.63) is 70.5 Å². The van der Waals surface area contributed by atoms with E-state index in [0.29, 0.717) is 22.3 Å². The van der Waals surface area contributed by atoms with Crippen molar-refractivity contribution >= 4 is 28.5 Å². The Balaban J connectivity index is 1.68. The van der Waals surface area contributed by atoms with Crippen LogP contribution < -0.4 is 15.5 Å². The van der Waals surface area contributed by atoms with Crippen LogP contribution in [0.25, 0.3) is 10.9 Å². The van der Waals surface area contributed by atoms with E-state index in [1.54, 1.807) is 41.0 Å². The zero-order valence-corrected chi connectivity index (χ0v) is 16.5. The molecule has 0 aliphatic rings. The Morgan fingerprint density at radius 1 is 1.14 bits per heavy atom. The van der Waals surface area contributed by atoms with Crippen molar-refractivity contribution in [2.75, 3.05) is 12.4 Å². The lowest BCUT2D eigenvalue weighted by Gasteiger charge is -2.16. The van der Waals surface area contributed by atoms with Crippen LogP contribution in [0.5, 0.6) is 5.75 Å². The summed E-state index contributed by atoms with van der Waals surface area (Å²) in [5.41, 5.74) is 1.96. The summed E-state index contributed by atoms with van der Waals surface area (Å²) in [5, 5.41) is 3.23. The Morgan fingerprint density at radius 3 is 2.66 bits per heavy atom. The van der Waals surface area contributed by atoms with Gasteiger partial charge in [0.1, 0.15) is 12.3 Å². The Bertz CT molecular complexity index is 1120. The van der Waals surface area contributed by atoms with Crippen molar-refractivity contribution in [1.29, 1.82) is 0 Å². The van der Waals surface area contributed by atoms with E-state index < -0.39 is 18.0 Å². The van der Waals surface area contributed by atoms with Crippen LogP contribution in [0.4, 0.5) is 5.69 Å². The van der Waals surface area contributed by atoms with Crippen molar-refractivity contribution in [2.45, 2.75) is 26.5 Å². The predicted octanol–water partition coefficient (Wildman–Crippen LogP) is 2.89. The number of carbonyl (C=O) groups is 2. The first-order chi connectivity index (χ1) is 13.9. The molecular formula is C22H22N2O5. The number of nitrogens with one attached hydrogen (secondary N) is 1. The first-order valence-electron chi connectivity index (χ1n) is 9.12. The molecule has 1 N–H and O–H groups in total. The lowest BCUT2D eigenvalue weighted by atomic mass is 10.2. The van der Waals surface area contributed by atoms with Crippen molar-refractivity contribution in [2.24, 2.45) is 0 Å². The molecule has 0 unspecified atom stereocenters. The number of amides is 1. The van der Waals surface area contributed by atoms with Crippen molar-refractivity contribution in [3.63, 3.8) is 0 Å². The Kier molecular flexibility index (Phi) is 5.97. The van der Waals surface area contributed by atoms with E-state index >= 15 is 0 Å². The molecule has 1 aromatic heterocycles. The summed E-state index contributed by atoms with van der Waals surface area (Å²) in [7, 11) is 1.51. The van der Waals surface area contributed by atoms with Gasteiger partial charge in [0.15, 0.2) is 11.5 Å². The molecule has 7 nitrogen and oxygen atoms in total. The molecule has 1 atom stereocenters. The van der Waals surface area contributed by atoms with E-state index in [0.717, 1.165) is 5.56 Å². The molecule has 7 heteroatoms. The highest BCUT2D eigenvalue weighted by atomic mass is 16.5. The number of para-hydroxylation sites is 1. The van der Waals surface area contributed by atoms with Crippen LogP contribution in [0, 0.1) is 6.92 Å². The SMILES string of the molecule is COc1ccc(C)cc1NC(=O)[C@@H](C)OC(=O)Cn1ccc(=O)c2ccccc21. The van der Waals surface area contributed by atoms with Gasteiger partial charge in [-0.05, 0) is 43.7 Å². The van der Waals surface area contributed by atoms with Gasteiger partial charge in [0.25, 0.3) is 5.91 Å². The molecule has 0 saturated heterocycles. The predicted molar refractivity (Wildman–Crippen MR) is 110 cm³/mol. The van der Waals surface area contributed by atoms with Crippen LogP contribution in [0.2, 0.25) is 0 Å². The van der Waals surface area contributed by atoms with Gasteiger partial charge in [-0.15, -0.1) is 0 Å². The molecule has 0 spiro atoms. The van der Waals surface area contributed by atoms with Gasteiger partial charge in [0.2, 0.25) is 0 Å². The summed E-state index contributed by atoms with van der Waals surface area (Å²) in [6.07, 6.45) is 0.534. The topological polar surface area (TPSA) is 86.6 Å². The van der Waals surface area contributed by atoms with Gasteiger partial charge in [0, 0.05) is 17.6 Å². The van der Waals surface area contributed by atoms with E-state index in [-0.39, 0.29) is 12.0 Å². The van der Waals surface area contributed by atoms with Crippen molar-refractivity contribution in [1.82, 2.24) is 4.57 Å². The van der Waals surface area contributed by atoms with E-state index in [1.165, 1.54) is 26.3 Å². The Labute approximate surface area is 167 Å². The molecule has 0 aliphatic heterocycles. The van der Waals surface area contributed by atoms with E-state index in [9.17, 15) is 14.4 Å². The maximum Gasteiger partial charge on any atom is 0.326 e. The highest BCUT2D eigenvalue weighted by molar-refractivity contribution is 5.96. The maximum absolute atomic E-state index is 12.4. The van der Waals surface area contributed by atoms with E-state index in [4.69, 9.17) is 9.47 Å². The number of aromatic nitrogens is 1. The van der Waals surface area contributed by atoms with E-state index in [2.05, 4.69) is 5.32 Å². The number of esters is 1. The summed E-state index contributed by atoms with van der Waals surface area (Å²) in [6, 6.07) is 13.8. The van der Waals surface area contributed by atoms with Gasteiger partial charge in [-0.1, -0.05) is 18.2 Å². The first-order valence-corrected chi connectivity index (χ1v) is 9.12. The third kappa shape index (κ3) is 4.63. The third-order valence-electron chi connectivity index (χ3n) is 4.47. The van der Waals surface area contributed by atoms with Gasteiger partial charge >= 0.3 is 5.97 Å². The number of methoxy groups -OCH3 is 1. The number of fused-ring (bicyclic) bond motifs is 1. The number of rotatable bonds is 6. The highest BCUT2D eigenvalue weighted by Crippen LogP contribution is 2.25. The molecule has 3 aromatic rings. The number of anilines is 1. The molecule has 1 heterocycles. The molecular weight excluding hydrogens is 372 g/mol. The number of pyridine rings is 1. The summed E-state index contributed by atoms with van der Waals surface area (Å²) >= 11 is 0. The fourth-order valence-corrected chi connectivity index (χ4v) is 2.98. The lowest BCUT2D eigenvalue weighted by Crippen LogP contribution is -2.31. The molecule has 0 fully saturated rings. The molecule has 0 saturated carbocycles. The zero-order valence-electron chi connectivity index (χ0n) is 16.5. The van der Waals surface area contributed by atoms with Gasteiger partial charge in [-0.25, -0.2) is 0 Å². The molecule has 29 heavy (non-hydrogen) atoms. The molecule has 2 aromatic carbocycles. The van der Waals surface area contributed by atoms with Crippen molar-refractivity contribution in [3.8, 4) is 5.75 Å². The third-order valence-corrected chi connectivity index (χ3v) is 4.47. The van der Waals surface area contributed by atoms with Crippen LogP contribution in [-0.2, 0) is 20.9 Å². The number of benzene rings is 2. The second kappa shape index (κ2) is 8.60. The van der Waals surface area contributed by atoms with Crippen LogP contribution in [-0.4, -0.2) is 29.7 Å². The monoisotopic (exact) mass is 394 g/mol. The molecule has 0 radical (unpaired) electrons. The minimum atomic E-state index is -1.00. The maximum atomic E-state index is 12.4. The largest absolute Gasteiger partial charge is 0.495 e. The molecule has 150 valence electrons. The smallest absolute Gasteiger partial charge is 0.326 e. The van der Waals surface area contributed by atoms with E-state index in [1.807, 2.05) is 13.0 Å². The first kappa shape index (κ1) is 20.1. The average molecular weight is 394 g/mol. The zero-order chi connectivity index (χ0) is 21.0. The summed E-state index contributed by atoms with van der Waals surface area (Å²) in [4.78, 5) is 36.7. The Hall–Kier alpha value is -3.61. The van der Waals surface area contributed by atoms with Gasteiger partial charge in [-0.2, -0.15) is 0 Å². The number of aryl methyl sites for hydroxylation is 1. The number of ether oxygens (including phenoxy) is 2. The van der Waals surface area contributed by atoms with Crippen molar-refractivity contribution < 1.29 is 19.1 Å². The van der Waals surface area contributed by atoms with Crippen LogP contribution in [0.15, 0.2) is 59.5 Å². The molecule has 1 amide bonds. The minimum Gasteiger partial charge on any atom is -0.495 e. The fraction of sp³-hybridized carbons (Fsp3) is 0.227. The van der Waals surface area contributed by atoms with Crippen LogP contribution >= 0.6 is 0 Å². The molecule has 0 aliphatic carbocycles. The van der Waals surface area contributed by atoms with Gasteiger partial charge in [-0.3, -0.25) is 14.4 Å². The standard InChI is InChI=1S/C22H22N2O5/c1-14-8-9-20(28-3)17(12-14)23-22(27)15(2)29-21(26)13-24-11-10-19(25)16-6-4-5-7-18(16)24/h4-12,15H,13H2,1-3H3,(H,23,27)/t15-/m1/s1. The van der Waals surface area contributed by atoms with Crippen LogP contribution in [0.3, 0.4) is 0 Å².